The molecule has 0 radical (unpaired) electrons. The lowest BCUT2D eigenvalue weighted by atomic mass is 9.96. The fraction of sp³-hybridized carbons (Fsp3) is 0.458. The summed E-state index contributed by atoms with van der Waals surface area (Å²) in [6.45, 7) is 2.45. The molecule has 2 aliphatic rings. The second-order valence-corrected chi connectivity index (χ2v) is 8.20. The average molecular weight is 392 g/mol. The maximum atomic E-state index is 13.5. The fourth-order valence-corrected chi connectivity index (χ4v) is 5.05. The molecule has 2 amide bonds. The molecule has 0 aliphatic carbocycles. The van der Waals surface area contributed by atoms with Crippen LogP contribution in [0.3, 0.4) is 0 Å². The Hall–Kier alpha value is -2.69. The maximum absolute atomic E-state index is 13.5. The summed E-state index contributed by atoms with van der Waals surface area (Å²) in [7, 11) is 0. The van der Waals surface area contributed by atoms with Crippen LogP contribution in [0.25, 0.3) is 0 Å². The molecular formula is C24H29N3O2. The molecule has 2 aromatic rings. The molecule has 2 saturated heterocycles. The molecule has 0 unspecified atom stereocenters. The Bertz CT molecular complexity index is 840. The van der Waals surface area contributed by atoms with E-state index in [-0.39, 0.29) is 29.9 Å². The Labute approximate surface area is 172 Å². The minimum Gasteiger partial charge on any atom is -0.338 e. The summed E-state index contributed by atoms with van der Waals surface area (Å²) in [5.74, 6) is 0.107. The van der Waals surface area contributed by atoms with Crippen LogP contribution < -0.4 is 0 Å². The van der Waals surface area contributed by atoms with E-state index in [1.807, 2.05) is 35.2 Å². The number of benzene rings is 1. The highest BCUT2D eigenvalue weighted by Crippen LogP contribution is 2.36. The van der Waals surface area contributed by atoms with Crippen LogP contribution in [0.4, 0.5) is 0 Å². The largest absolute Gasteiger partial charge is 0.338 e. The van der Waals surface area contributed by atoms with E-state index in [4.69, 9.17) is 0 Å². The molecule has 2 fully saturated rings. The van der Waals surface area contributed by atoms with Gasteiger partial charge in [-0.05, 0) is 43.4 Å². The molecule has 0 spiro atoms. The monoisotopic (exact) mass is 391 g/mol. The lowest BCUT2D eigenvalue weighted by molar-refractivity contribution is -0.132. The number of hydrogen-bond acceptors (Lipinski definition) is 3. The summed E-state index contributed by atoms with van der Waals surface area (Å²) in [6.07, 6.45) is 7.49. The second-order valence-electron chi connectivity index (χ2n) is 8.20. The molecule has 3 heterocycles. The molecule has 0 saturated carbocycles. The van der Waals surface area contributed by atoms with Crippen LogP contribution in [-0.2, 0) is 11.2 Å². The van der Waals surface area contributed by atoms with E-state index < -0.39 is 0 Å². The molecule has 5 heteroatoms. The van der Waals surface area contributed by atoms with Gasteiger partial charge >= 0.3 is 0 Å². The van der Waals surface area contributed by atoms with Crippen LogP contribution in [0.15, 0.2) is 54.7 Å². The minimum absolute atomic E-state index is 0.0110. The number of nitrogens with zero attached hydrogens (tertiary/aromatic N) is 3. The topological polar surface area (TPSA) is 53.5 Å². The van der Waals surface area contributed by atoms with Gasteiger partial charge in [-0.3, -0.25) is 14.6 Å². The number of hydrogen-bond donors (Lipinski definition) is 0. The quantitative estimate of drug-likeness (QED) is 0.802. The SMILES string of the molecule is CC(=O)N1CCCCC[C@@H]2[C@@H]1C[C@@H](Cc1ccccc1)N2C(=O)c1ccccn1. The standard InChI is InChI=1S/C24H29N3O2/c1-18(28)26-15-9-3-6-13-22-23(26)17-20(16-19-10-4-2-5-11-19)27(22)24(29)21-12-7-8-14-25-21/h2,4-5,7-8,10-12,14,20,22-23H,3,6,9,13,15-17H2,1H3/t20-,22-,23+/m1/s1. The van der Waals surface area contributed by atoms with Crippen molar-refractivity contribution in [3.63, 3.8) is 0 Å². The molecule has 2 aliphatic heterocycles. The first-order valence-electron chi connectivity index (χ1n) is 10.7. The molecule has 1 aromatic heterocycles. The predicted molar refractivity (Wildman–Crippen MR) is 112 cm³/mol. The van der Waals surface area contributed by atoms with E-state index in [0.717, 1.165) is 45.1 Å². The van der Waals surface area contributed by atoms with Gasteiger partial charge in [-0.2, -0.15) is 0 Å². The molecule has 29 heavy (non-hydrogen) atoms. The van der Waals surface area contributed by atoms with Crippen LogP contribution in [0, 0.1) is 0 Å². The first-order valence-corrected chi connectivity index (χ1v) is 10.7. The van der Waals surface area contributed by atoms with Crippen molar-refractivity contribution >= 4 is 11.8 Å². The number of aromatic nitrogens is 1. The number of amides is 2. The predicted octanol–water partition coefficient (Wildman–Crippen LogP) is 3.70. The molecule has 0 N–H and O–H groups in total. The van der Waals surface area contributed by atoms with Crippen LogP contribution in [0.5, 0.6) is 0 Å². The van der Waals surface area contributed by atoms with Crippen molar-refractivity contribution in [1.82, 2.24) is 14.8 Å². The van der Waals surface area contributed by atoms with Crippen molar-refractivity contribution in [3.8, 4) is 0 Å². The summed E-state index contributed by atoms with van der Waals surface area (Å²) in [5, 5.41) is 0. The van der Waals surface area contributed by atoms with Gasteiger partial charge in [0.25, 0.3) is 5.91 Å². The Morgan fingerprint density at radius 3 is 2.52 bits per heavy atom. The summed E-state index contributed by atoms with van der Waals surface area (Å²) >= 11 is 0. The van der Waals surface area contributed by atoms with Crippen molar-refractivity contribution in [3.05, 3.63) is 66.0 Å². The summed E-state index contributed by atoms with van der Waals surface area (Å²) in [4.78, 5) is 34.4. The number of rotatable bonds is 3. The molecule has 4 rings (SSSR count). The third-order valence-electron chi connectivity index (χ3n) is 6.34. The summed E-state index contributed by atoms with van der Waals surface area (Å²) in [6, 6.07) is 16.0. The zero-order valence-electron chi connectivity index (χ0n) is 17.0. The van der Waals surface area contributed by atoms with E-state index in [2.05, 4.69) is 22.0 Å². The van der Waals surface area contributed by atoms with Crippen LogP contribution in [0.2, 0.25) is 0 Å². The Kier molecular flexibility index (Phi) is 5.93. The third-order valence-corrected chi connectivity index (χ3v) is 6.34. The molecule has 5 nitrogen and oxygen atoms in total. The van der Waals surface area contributed by atoms with Gasteiger partial charge in [-0.15, -0.1) is 0 Å². The van der Waals surface area contributed by atoms with Crippen LogP contribution in [0.1, 0.15) is 55.1 Å². The van der Waals surface area contributed by atoms with Gasteiger partial charge < -0.3 is 9.80 Å². The maximum Gasteiger partial charge on any atom is 0.273 e. The molecule has 152 valence electrons. The third kappa shape index (κ3) is 4.19. The number of likely N-dealkylation sites (tertiary alicyclic amines) is 2. The highest BCUT2D eigenvalue weighted by atomic mass is 16.2. The van der Waals surface area contributed by atoms with Crippen molar-refractivity contribution in [2.75, 3.05) is 6.54 Å². The normalized spacial score (nSPS) is 24.5. The van der Waals surface area contributed by atoms with Gasteiger partial charge in [0.1, 0.15) is 5.69 Å². The highest BCUT2D eigenvalue weighted by molar-refractivity contribution is 5.93. The molecule has 0 bridgehead atoms. The van der Waals surface area contributed by atoms with Crippen molar-refractivity contribution in [1.29, 1.82) is 0 Å². The number of fused-ring (bicyclic) bond motifs is 1. The highest BCUT2D eigenvalue weighted by Gasteiger charge is 2.47. The van der Waals surface area contributed by atoms with E-state index in [0.29, 0.717) is 5.69 Å². The van der Waals surface area contributed by atoms with Crippen molar-refractivity contribution in [2.45, 2.75) is 63.6 Å². The first kappa shape index (κ1) is 19.6. The summed E-state index contributed by atoms with van der Waals surface area (Å²) < 4.78 is 0. The second kappa shape index (κ2) is 8.76. The number of pyridine rings is 1. The van der Waals surface area contributed by atoms with Crippen LogP contribution >= 0.6 is 0 Å². The number of carbonyl (C=O) groups excluding carboxylic acids is 2. The first-order chi connectivity index (χ1) is 14.1. The van der Waals surface area contributed by atoms with E-state index in [9.17, 15) is 9.59 Å². The fourth-order valence-electron chi connectivity index (χ4n) is 5.05. The van der Waals surface area contributed by atoms with Gasteiger partial charge in [-0.25, -0.2) is 0 Å². The minimum atomic E-state index is -0.0110. The average Bonchev–Trinajstić information content (AvgIpc) is 3.05. The Morgan fingerprint density at radius 1 is 1.00 bits per heavy atom. The lowest BCUT2D eigenvalue weighted by Gasteiger charge is -2.37. The van der Waals surface area contributed by atoms with Crippen molar-refractivity contribution < 1.29 is 9.59 Å². The molecule has 1 aromatic carbocycles. The molecule has 3 atom stereocenters. The Balaban J connectivity index is 1.69. The zero-order valence-corrected chi connectivity index (χ0v) is 17.0. The van der Waals surface area contributed by atoms with Gasteiger partial charge in [0.2, 0.25) is 5.91 Å². The van der Waals surface area contributed by atoms with E-state index >= 15 is 0 Å². The van der Waals surface area contributed by atoms with Gasteiger partial charge in [-0.1, -0.05) is 49.2 Å². The van der Waals surface area contributed by atoms with Crippen LogP contribution in [-0.4, -0.2) is 51.3 Å². The van der Waals surface area contributed by atoms with Crippen molar-refractivity contribution in [2.24, 2.45) is 0 Å². The summed E-state index contributed by atoms with van der Waals surface area (Å²) in [5.41, 5.74) is 1.71. The van der Waals surface area contributed by atoms with E-state index in [1.54, 1.807) is 19.2 Å². The lowest BCUT2D eigenvalue weighted by Crippen LogP contribution is -2.50. The number of carbonyl (C=O) groups is 2. The molecular weight excluding hydrogens is 362 g/mol. The van der Waals surface area contributed by atoms with E-state index in [1.165, 1.54) is 5.56 Å². The van der Waals surface area contributed by atoms with Gasteiger partial charge in [0.05, 0.1) is 12.1 Å². The van der Waals surface area contributed by atoms with Gasteiger partial charge in [0.15, 0.2) is 0 Å². The smallest absolute Gasteiger partial charge is 0.273 e. The zero-order chi connectivity index (χ0) is 20.2. The Morgan fingerprint density at radius 2 is 1.79 bits per heavy atom. The van der Waals surface area contributed by atoms with Gasteiger partial charge in [0, 0.05) is 25.7 Å².